The summed E-state index contributed by atoms with van der Waals surface area (Å²) in [5.41, 5.74) is 1.31. The molecule has 0 unspecified atom stereocenters. The third-order valence-corrected chi connectivity index (χ3v) is 3.81. The number of nitrogens with zero attached hydrogens (tertiary/aromatic N) is 2. The highest BCUT2D eigenvalue weighted by Crippen LogP contribution is 2.15. The van der Waals surface area contributed by atoms with Gasteiger partial charge in [-0.3, -0.25) is 9.69 Å². The van der Waals surface area contributed by atoms with E-state index in [4.69, 9.17) is 0 Å². The fourth-order valence-electron chi connectivity index (χ4n) is 2.43. The highest BCUT2D eigenvalue weighted by Gasteiger charge is 2.18. The molecule has 0 N–H and O–H groups in total. The van der Waals surface area contributed by atoms with Crippen molar-refractivity contribution in [2.24, 2.45) is 5.92 Å². The zero-order valence-corrected chi connectivity index (χ0v) is 12.0. The van der Waals surface area contributed by atoms with E-state index in [1.54, 1.807) is 0 Å². The van der Waals surface area contributed by atoms with E-state index in [0.29, 0.717) is 12.2 Å². The molecule has 3 heteroatoms. The molecule has 0 radical (unpaired) electrons. The summed E-state index contributed by atoms with van der Waals surface area (Å²) < 4.78 is 0. The molecule has 3 nitrogen and oxygen atoms in total. The van der Waals surface area contributed by atoms with Crippen LogP contribution in [0.2, 0.25) is 0 Å². The lowest BCUT2D eigenvalue weighted by Gasteiger charge is -2.36. The van der Waals surface area contributed by atoms with Crippen LogP contribution < -0.4 is 4.90 Å². The Kier molecular flexibility index (Phi) is 4.97. The fraction of sp³-hybridized carbons (Fsp3) is 0.562. The number of ketones is 1. The molecule has 1 saturated heterocycles. The highest BCUT2D eigenvalue weighted by atomic mass is 16.1. The Morgan fingerprint density at radius 3 is 2.32 bits per heavy atom. The van der Waals surface area contributed by atoms with Gasteiger partial charge in [-0.05, 0) is 12.1 Å². The van der Waals surface area contributed by atoms with E-state index in [9.17, 15) is 4.79 Å². The maximum Gasteiger partial charge on any atom is 0.136 e. The zero-order valence-electron chi connectivity index (χ0n) is 12.0. The molecule has 0 spiro atoms. The molecule has 0 saturated carbocycles. The summed E-state index contributed by atoms with van der Waals surface area (Å²) in [4.78, 5) is 16.5. The standard InChI is InChI=1S/C16H24N2O/c1-14(2)16(19)8-9-17-10-12-18(13-11-17)15-6-4-3-5-7-15/h3-7,14H,8-13H2,1-2H3. The Balaban J connectivity index is 1.75. The Hall–Kier alpha value is -1.35. The van der Waals surface area contributed by atoms with Gasteiger partial charge in [0.15, 0.2) is 0 Å². The second kappa shape index (κ2) is 6.71. The van der Waals surface area contributed by atoms with Gasteiger partial charge in [0.25, 0.3) is 0 Å². The van der Waals surface area contributed by atoms with Gasteiger partial charge in [0, 0.05) is 50.7 Å². The van der Waals surface area contributed by atoms with Gasteiger partial charge in [-0.1, -0.05) is 32.0 Å². The van der Waals surface area contributed by atoms with Crippen molar-refractivity contribution in [3.05, 3.63) is 30.3 Å². The van der Waals surface area contributed by atoms with Crippen molar-refractivity contribution < 1.29 is 4.79 Å². The number of carbonyl (C=O) groups is 1. The summed E-state index contributed by atoms with van der Waals surface area (Å²) in [6.07, 6.45) is 0.697. The Morgan fingerprint density at radius 1 is 1.11 bits per heavy atom. The van der Waals surface area contributed by atoms with Crippen molar-refractivity contribution in [3.8, 4) is 0 Å². The molecule has 1 heterocycles. The molecule has 0 atom stereocenters. The second-order valence-electron chi connectivity index (χ2n) is 5.54. The predicted molar refractivity (Wildman–Crippen MR) is 79.6 cm³/mol. The monoisotopic (exact) mass is 260 g/mol. The van der Waals surface area contributed by atoms with Crippen LogP contribution in [0.15, 0.2) is 30.3 Å². The van der Waals surface area contributed by atoms with Crippen molar-refractivity contribution in [2.75, 3.05) is 37.6 Å². The minimum atomic E-state index is 0.172. The number of rotatable bonds is 5. The zero-order chi connectivity index (χ0) is 13.7. The van der Waals surface area contributed by atoms with E-state index in [-0.39, 0.29) is 5.92 Å². The maximum absolute atomic E-state index is 11.6. The summed E-state index contributed by atoms with van der Waals surface area (Å²) in [7, 11) is 0. The van der Waals surface area contributed by atoms with Gasteiger partial charge in [-0.2, -0.15) is 0 Å². The van der Waals surface area contributed by atoms with Crippen LogP contribution in [-0.2, 0) is 4.79 Å². The minimum Gasteiger partial charge on any atom is -0.369 e. The van der Waals surface area contributed by atoms with Crippen molar-refractivity contribution >= 4 is 11.5 Å². The topological polar surface area (TPSA) is 23.6 Å². The molecule has 1 aliphatic heterocycles. The molecule has 1 aromatic carbocycles. The Bertz CT molecular complexity index is 394. The second-order valence-corrected chi connectivity index (χ2v) is 5.54. The van der Waals surface area contributed by atoms with E-state index in [2.05, 4.69) is 40.1 Å². The summed E-state index contributed by atoms with van der Waals surface area (Å²) in [6.45, 7) is 9.10. The van der Waals surface area contributed by atoms with Crippen LogP contribution in [0.4, 0.5) is 5.69 Å². The van der Waals surface area contributed by atoms with Gasteiger partial charge >= 0.3 is 0 Å². The molecular formula is C16H24N2O. The van der Waals surface area contributed by atoms with Gasteiger partial charge in [0.05, 0.1) is 0 Å². The summed E-state index contributed by atoms with van der Waals surface area (Å²) in [5.74, 6) is 0.552. The first kappa shape index (κ1) is 14.1. The molecule has 0 bridgehead atoms. The van der Waals surface area contributed by atoms with Crippen LogP contribution in [0.25, 0.3) is 0 Å². The van der Waals surface area contributed by atoms with E-state index in [1.165, 1.54) is 5.69 Å². The summed E-state index contributed by atoms with van der Waals surface area (Å²) >= 11 is 0. The SMILES string of the molecule is CC(C)C(=O)CCN1CCN(c2ccccc2)CC1. The van der Waals surface area contributed by atoms with E-state index in [0.717, 1.165) is 32.7 Å². The van der Waals surface area contributed by atoms with Crippen molar-refractivity contribution in [1.82, 2.24) is 4.90 Å². The molecule has 1 fully saturated rings. The minimum absolute atomic E-state index is 0.172. The number of anilines is 1. The molecule has 0 aliphatic carbocycles. The first-order valence-corrected chi connectivity index (χ1v) is 7.22. The molecule has 104 valence electrons. The maximum atomic E-state index is 11.6. The number of carbonyl (C=O) groups excluding carboxylic acids is 1. The third kappa shape index (κ3) is 4.06. The molecule has 0 aromatic heterocycles. The van der Waals surface area contributed by atoms with E-state index < -0.39 is 0 Å². The number of Topliss-reactive ketones (excluding diaryl/α,β-unsaturated/α-hetero) is 1. The lowest BCUT2D eigenvalue weighted by atomic mass is 10.1. The molecule has 19 heavy (non-hydrogen) atoms. The first-order valence-electron chi connectivity index (χ1n) is 7.22. The molecular weight excluding hydrogens is 236 g/mol. The molecule has 0 amide bonds. The van der Waals surface area contributed by atoms with Crippen molar-refractivity contribution in [3.63, 3.8) is 0 Å². The number of para-hydroxylation sites is 1. The van der Waals surface area contributed by atoms with E-state index >= 15 is 0 Å². The first-order chi connectivity index (χ1) is 9.16. The van der Waals surface area contributed by atoms with Crippen molar-refractivity contribution in [2.45, 2.75) is 20.3 Å². The largest absolute Gasteiger partial charge is 0.369 e. The lowest BCUT2D eigenvalue weighted by molar-refractivity contribution is -0.122. The Morgan fingerprint density at radius 2 is 1.74 bits per heavy atom. The lowest BCUT2D eigenvalue weighted by Crippen LogP contribution is -2.47. The van der Waals surface area contributed by atoms with Gasteiger partial charge < -0.3 is 4.90 Å². The van der Waals surface area contributed by atoms with Crippen LogP contribution in [0, 0.1) is 5.92 Å². The average Bonchev–Trinajstić information content (AvgIpc) is 2.46. The molecule has 1 aromatic rings. The summed E-state index contributed by atoms with van der Waals surface area (Å²) in [6, 6.07) is 10.6. The molecule has 1 aliphatic rings. The number of piperazine rings is 1. The predicted octanol–water partition coefficient (Wildman–Crippen LogP) is 2.42. The van der Waals surface area contributed by atoms with Crippen LogP contribution in [0.1, 0.15) is 20.3 Å². The van der Waals surface area contributed by atoms with Gasteiger partial charge in [-0.15, -0.1) is 0 Å². The van der Waals surface area contributed by atoms with Crippen LogP contribution >= 0.6 is 0 Å². The average molecular weight is 260 g/mol. The number of benzene rings is 1. The van der Waals surface area contributed by atoms with Gasteiger partial charge in [0.1, 0.15) is 5.78 Å². The van der Waals surface area contributed by atoms with Crippen LogP contribution in [0.5, 0.6) is 0 Å². The Labute approximate surface area is 116 Å². The van der Waals surface area contributed by atoms with Crippen LogP contribution in [-0.4, -0.2) is 43.4 Å². The van der Waals surface area contributed by atoms with E-state index in [1.807, 2.05) is 13.8 Å². The number of hydrogen-bond acceptors (Lipinski definition) is 3. The number of hydrogen-bond donors (Lipinski definition) is 0. The van der Waals surface area contributed by atoms with Gasteiger partial charge in [-0.25, -0.2) is 0 Å². The van der Waals surface area contributed by atoms with Crippen LogP contribution in [0.3, 0.4) is 0 Å². The quantitative estimate of drug-likeness (QED) is 0.812. The smallest absolute Gasteiger partial charge is 0.136 e. The third-order valence-electron chi connectivity index (χ3n) is 3.81. The molecule has 2 rings (SSSR count). The highest BCUT2D eigenvalue weighted by molar-refractivity contribution is 5.80. The fourth-order valence-corrected chi connectivity index (χ4v) is 2.43. The van der Waals surface area contributed by atoms with Crippen molar-refractivity contribution in [1.29, 1.82) is 0 Å². The van der Waals surface area contributed by atoms with Gasteiger partial charge in [0.2, 0.25) is 0 Å². The summed E-state index contributed by atoms with van der Waals surface area (Å²) in [5, 5.41) is 0. The normalized spacial score (nSPS) is 16.9.